The van der Waals surface area contributed by atoms with Gasteiger partial charge in [-0.3, -0.25) is 14.9 Å². The fourth-order valence-corrected chi connectivity index (χ4v) is 1.29. The van der Waals surface area contributed by atoms with E-state index in [-0.39, 0.29) is 5.56 Å². The van der Waals surface area contributed by atoms with Gasteiger partial charge in [-0.2, -0.15) is 4.39 Å². The standard InChI is InChI=1S/C10H10FNO5/c1-17-9(14)5-8(13)6-3-2-4-7(10(6)11)12(15)16/h2-4,8,13H,5H2,1H3/t8-/m0/s1. The highest BCUT2D eigenvalue weighted by Crippen LogP contribution is 2.26. The second-order valence-corrected chi connectivity index (χ2v) is 3.23. The lowest BCUT2D eigenvalue weighted by molar-refractivity contribution is -0.387. The largest absolute Gasteiger partial charge is 0.469 e. The first-order valence-electron chi connectivity index (χ1n) is 4.65. The van der Waals surface area contributed by atoms with E-state index < -0.39 is 34.9 Å². The zero-order valence-electron chi connectivity index (χ0n) is 8.92. The average Bonchev–Trinajstić information content (AvgIpc) is 2.28. The first kappa shape index (κ1) is 13.0. The van der Waals surface area contributed by atoms with Crippen LogP contribution in [-0.4, -0.2) is 23.1 Å². The molecule has 0 aliphatic carbocycles. The summed E-state index contributed by atoms with van der Waals surface area (Å²) in [5, 5.41) is 20.0. The van der Waals surface area contributed by atoms with Crippen molar-refractivity contribution in [1.82, 2.24) is 0 Å². The van der Waals surface area contributed by atoms with Crippen molar-refractivity contribution in [3.63, 3.8) is 0 Å². The lowest BCUT2D eigenvalue weighted by atomic mass is 10.1. The van der Waals surface area contributed by atoms with Crippen LogP contribution < -0.4 is 0 Å². The normalized spacial score (nSPS) is 11.9. The molecule has 1 N–H and O–H groups in total. The van der Waals surface area contributed by atoms with E-state index in [0.717, 1.165) is 13.2 Å². The molecule has 1 rings (SSSR count). The summed E-state index contributed by atoms with van der Waals surface area (Å²) in [5.41, 5.74) is -1.05. The Hall–Kier alpha value is -2.02. The number of hydrogen-bond donors (Lipinski definition) is 1. The first-order chi connectivity index (χ1) is 7.97. The number of aliphatic hydroxyl groups is 1. The zero-order valence-corrected chi connectivity index (χ0v) is 8.92. The number of esters is 1. The van der Waals surface area contributed by atoms with Crippen molar-refractivity contribution in [3.8, 4) is 0 Å². The third-order valence-electron chi connectivity index (χ3n) is 2.15. The third-order valence-corrected chi connectivity index (χ3v) is 2.15. The molecule has 0 saturated heterocycles. The van der Waals surface area contributed by atoms with Gasteiger partial charge in [-0.15, -0.1) is 0 Å². The van der Waals surface area contributed by atoms with Gasteiger partial charge in [-0.05, 0) is 0 Å². The molecular weight excluding hydrogens is 233 g/mol. The van der Waals surface area contributed by atoms with Crippen LogP contribution >= 0.6 is 0 Å². The maximum Gasteiger partial charge on any atom is 0.308 e. The lowest BCUT2D eigenvalue weighted by Gasteiger charge is -2.10. The molecule has 7 heteroatoms. The molecule has 0 spiro atoms. The molecule has 1 atom stereocenters. The molecule has 0 radical (unpaired) electrons. The monoisotopic (exact) mass is 243 g/mol. The summed E-state index contributed by atoms with van der Waals surface area (Å²) in [6.07, 6.45) is -1.93. The van der Waals surface area contributed by atoms with Gasteiger partial charge >= 0.3 is 11.7 Å². The summed E-state index contributed by atoms with van der Waals surface area (Å²) in [6, 6.07) is 3.39. The summed E-state index contributed by atoms with van der Waals surface area (Å²) in [4.78, 5) is 20.5. The Morgan fingerprint density at radius 1 is 1.65 bits per heavy atom. The topological polar surface area (TPSA) is 89.7 Å². The summed E-state index contributed by atoms with van der Waals surface area (Å²) in [7, 11) is 1.12. The Bertz CT molecular complexity index is 448. The smallest absolute Gasteiger partial charge is 0.308 e. The first-order valence-corrected chi connectivity index (χ1v) is 4.65. The number of aliphatic hydroxyl groups excluding tert-OH is 1. The van der Waals surface area contributed by atoms with E-state index >= 15 is 0 Å². The van der Waals surface area contributed by atoms with E-state index in [9.17, 15) is 24.4 Å². The molecule has 0 fully saturated rings. The van der Waals surface area contributed by atoms with Gasteiger partial charge in [0.05, 0.1) is 24.6 Å². The number of ether oxygens (including phenoxy) is 1. The fraction of sp³-hybridized carbons (Fsp3) is 0.300. The number of nitrogens with zero attached hydrogens (tertiary/aromatic N) is 1. The molecule has 0 saturated carbocycles. The van der Waals surface area contributed by atoms with Gasteiger partial charge in [0.1, 0.15) is 0 Å². The van der Waals surface area contributed by atoms with Crippen LogP contribution in [-0.2, 0) is 9.53 Å². The van der Waals surface area contributed by atoms with E-state index in [2.05, 4.69) is 4.74 Å². The molecule has 17 heavy (non-hydrogen) atoms. The second kappa shape index (κ2) is 5.35. The van der Waals surface area contributed by atoms with Gasteiger partial charge in [0.15, 0.2) is 0 Å². The van der Waals surface area contributed by atoms with Crippen molar-refractivity contribution in [2.24, 2.45) is 0 Å². The molecule has 0 unspecified atom stereocenters. The summed E-state index contributed by atoms with van der Waals surface area (Å²) < 4.78 is 17.9. The van der Waals surface area contributed by atoms with E-state index in [1.54, 1.807) is 0 Å². The number of methoxy groups -OCH3 is 1. The van der Waals surface area contributed by atoms with Crippen LogP contribution in [0.4, 0.5) is 10.1 Å². The van der Waals surface area contributed by atoms with E-state index in [1.165, 1.54) is 12.1 Å². The second-order valence-electron chi connectivity index (χ2n) is 3.23. The number of halogens is 1. The van der Waals surface area contributed by atoms with Crippen LogP contribution in [0.1, 0.15) is 18.1 Å². The molecule has 0 heterocycles. The molecule has 0 bridgehead atoms. The molecule has 1 aromatic carbocycles. The van der Waals surface area contributed by atoms with Crippen molar-refractivity contribution in [3.05, 3.63) is 39.7 Å². The number of carbonyl (C=O) groups excluding carboxylic acids is 1. The van der Waals surface area contributed by atoms with Crippen molar-refractivity contribution < 1.29 is 24.0 Å². The van der Waals surface area contributed by atoms with Crippen LogP contribution in [0.15, 0.2) is 18.2 Å². The van der Waals surface area contributed by atoms with Crippen LogP contribution in [0, 0.1) is 15.9 Å². The highest BCUT2D eigenvalue weighted by molar-refractivity contribution is 5.70. The van der Waals surface area contributed by atoms with Crippen molar-refractivity contribution >= 4 is 11.7 Å². The van der Waals surface area contributed by atoms with Crippen molar-refractivity contribution in [2.75, 3.05) is 7.11 Å². The van der Waals surface area contributed by atoms with E-state index in [4.69, 9.17) is 0 Å². The molecule has 6 nitrogen and oxygen atoms in total. The summed E-state index contributed by atoms with van der Waals surface area (Å²) >= 11 is 0. The Labute approximate surface area is 95.8 Å². The van der Waals surface area contributed by atoms with Crippen molar-refractivity contribution in [1.29, 1.82) is 0 Å². The predicted octanol–water partition coefficient (Wildman–Crippen LogP) is 1.33. The lowest BCUT2D eigenvalue weighted by Crippen LogP contribution is -2.10. The Morgan fingerprint density at radius 2 is 2.29 bits per heavy atom. The van der Waals surface area contributed by atoms with Gasteiger partial charge in [0.2, 0.25) is 5.82 Å². The quantitative estimate of drug-likeness (QED) is 0.489. The third kappa shape index (κ3) is 2.97. The molecule has 1 aromatic rings. The minimum absolute atomic E-state index is 0.301. The zero-order chi connectivity index (χ0) is 13.0. The van der Waals surface area contributed by atoms with Crippen LogP contribution in [0.2, 0.25) is 0 Å². The Kier molecular flexibility index (Phi) is 4.11. The molecule has 92 valence electrons. The molecule has 0 aliphatic heterocycles. The van der Waals surface area contributed by atoms with Gasteiger partial charge in [0.25, 0.3) is 0 Å². The summed E-state index contributed by atoms with van der Waals surface area (Å²) in [6.45, 7) is 0. The molecule has 0 aromatic heterocycles. The van der Waals surface area contributed by atoms with Gasteiger partial charge in [0, 0.05) is 11.6 Å². The van der Waals surface area contributed by atoms with Gasteiger partial charge < -0.3 is 9.84 Å². The number of hydrogen-bond acceptors (Lipinski definition) is 5. The Morgan fingerprint density at radius 3 is 2.82 bits per heavy atom. The molecule has 0 amide bonds. The SMILES string of the molecule is COC(=O)C[C@H](O)c1cccc([N+](=O)[O-])c1F. The number of nitro benzene ring substituents is 1. The minimum Gasteiger partial charge on any atom is -0.469 e. The van der Waals surface area contributed by atoms with Crippen LogP contribution in [0.5, 0.6) is 0 Å². The van der Waals surface area contributed by atoms with Gasteiger partial charge in [-0.25, -0.2) is 0 Å². The fourth-order valence-electron chi connectivity index (χ4n) is 1.29. The van der Waals surface area contributed by atoms with E-state index in [0.29, 0.717) is 0 Å². The highest BCUT2D eigenvalue weighted by Gasteiger charge is 2.23. The highest BCUT2D eigenvalue weighted by atomic mass is 19.1. The predicted molar refractivity (Wildman–Crippen MR) is 54.6 cm³/mol. The van der Waals surface area contributed by atoms with Gasteiger partial charge in [-0.1, -0.05) is 12.1 Å². The molecular formula is C10H10FNO5. The molecule has 0 aliphatic rings. The minimum atomic E-state index is -1.47. The van der Waals surface area contributed by atoms with Crippen LogP contribution in [0.25, 0.3) is 0 Å². The van der Waals surface area contributed by atoms with Crippen molar-refractivity contribution in [2.45, 2.75) is 12.5 Å². The summed E-state index contributed by atoms with van der Waals surface area (Å²) in [5.74, 6) is -1.88. The van der Waals surface area contributed by atoms with E-state index in [1.807, 2.05) is 0 Å². The number of rotatable bonds is 4. The number of carbonyl (C=O) groups is 1. The maximum absolute atomic E-state index is 13.6. The Balaban J connectivity index is 3.02. The maximum atomic E-state index is 13.6. The number of nitro groups is 1. The average molecular weight is 243 g/mol. The van der Waals surface area contributed by atoms with Crippen LogP contribution in [0.3, 0.4) is 0 Å². The number of benzene rings is 1.